The molecular weight excluding hydrogens is 216 g/mol. The van der Waals surface area contributed by atoms with Crippen LogP contribution in [0.5, 0.6) is 0 Å². The molecule has 0 rings (SSSR count). The molecule has 0 aliphatic heterocycles. The highest BCUT2D eigenvalue weighted by Crippen LogP contribution is 2.02. The number of hydrogen-bond acceptors (Lipinski definition) is 3. The van der Waals surface area contributed by atoms with Crippen LogP contribution < -0.4 is 5.32 Å². The van der Waals surface area contributed by atoms with Gasteiger partial charge in [0.1, 0.15) is 0 Å². The highest BCUT2D eigenvalue weighted by atomic mass is 32.2. The third-order valence-electron chi connectivity index (χ3n) is 3.01. The van der Waals surface area contributed by atoms with Gasteiger partial charge in [-0.2, -0.15) is 11.8 Å². The fraction of sp³-hybridized carbons (Fsp3) is 1.00. The third-order valence-corrected chi connectivity index (χ3v) is 3.82. The molecule has 1 atom stereocenters. The number of nitrogens with zero attached hydrogens (tertiary/aromatic N) is 1. The summed E-state index contributed by atoms with van der Waals surface area (Å²) in [6.07, 6.45) is 7.59. The molecule has 0 fully saturated rings. The molecule has 2 nitrogen and oxygen atoms in total. The van der Waals surface area contributed by atoms with Crippen LogP contribution in [0.1, 0.15) is 39.5 Å². The van der Waals surface area contributed by atoms with Crippen LogP contribution in [0.3, 0.4) is 0 Å². The summed E-state index contributed by atoms with van der Waals surface area (Å²) in [5.41, 5.74) is 0. The number of thioether (sulfide) groups is 1. The van der Waals surface area contributed by atoms with Crippen molar-refractivity contribution in [1.82, 2.24) is 10.2 Å². The molecule has 0 saturated carbocycles. The molecule has 0 saturated heterocycles. The van der Waals surface area contributed by atoms with Gasteiger partial charge in [0.05, 0.1) is 0 Å². The second-order valence-electron chi connectivity index (χ2n) is 4.60. The lowest BCUT2D eigenvalue weighted by molar-refractivity contribution is 0.277. The number of hydrogen-bond donors (Lipinski definition) is 1. The normalized spacial score (nSPS) is 13.3. The Morgan fingerprint density at radius 3 is 2.56 bits per heavy atom. The standard InChI is InChI=1S/C13H30N2S/c1-5-6-7-8-9-14-10-11-15(3)13(2)12-16-4/h13-14H,5-12H2,1-4H3. The first kappa shape index (κ1) is 16.3. The predicted molar refractivity (Wildman–Crippen MR) is 77.5 cm³/mol. The first-order chi connectivity index (χ1) is 7.72. The Bertz CT molecular complexity index is 142. The molecule has 0 spiro atoms. The molecule has 0 heterocycles. The van der Waals surface area contributed by atoms with Crippen molar-refractivity contribution in [3.05, 3.63) is 0 Å². The van der Waals surface area contributed by atoms with Crippen LogP contribution >= 0.6 is 11.8 Å². The lowest BCUT2D eigenvalue weighted by Crippen LogP contribution is -2.36. The van der Waals surface area contributed by atoms with Gasteiger partial charge in [0.15, 0.2) is 0 Å². The van der Waals surface area contributed by atoms with E-state index in [1.807, 2.05) is 11.8 Å². The summed E-state index contributed by atoms with van der Waals surface area (Å²) in [5.74, 6) is 1.23. The lowest BCUT2D eigenvalue weighted by atomic mass is 10.2. The van der Waals surface area contributed by atoms with E-state index >= 15 is 0 Å². The first-order valence-corrected chi connectivity index (χ1v) is 8.01. The molecular formula is C13H30N2S. The molecule has 0 aromatic carbocycles. The van der Waals surface area contributed by atoms with Gasteiger partial charge in [-0.3, -0.25) is 0 Å². The van der Waals surface area contributed by atoms with E-state index in [2.05, 4.69) is 37.4 Å². The Morgan fingerprint density at radius 1 is 1.19 bits per heavy atom. The van der Waals surface area contributed by atoms with Gasteiger partial charge in [-0.05, 0) is 33.2 Å². The summed E-state index contributed by atoms with van der Waals surface area (Å²) in [7, 11) is 2.22. The highest BCUT2D eigenvalue weighted by Gasteiger charge is 2.06. The number of rotatable bonds is 11. The summed E-state index contributed by atoms with van der Waals surface area (Å²) in [5, 5.41) is 3.52. The van der Waals surface area contributed by atoms with E-state index in [-0.39, 0.29) is 0 Å². The fourth-order valence-electron chi connectivity index (χ4n) is 1.65. The summed E-state index contributed by atoms with van der Waals surface area (Å²) >= 11 is 1.93. The molecule has 3 heteroatoms. The van der Waals surface area contributed by atoms with E-state index in [0.29, 0.717) is 6.04 Å². The quantitative estimate of drug-likeness (QED) is 0.564. The van der Waals surface area contributed by atoms with Crippen molar-refractivity contribution in [2.75, 3.05) is 38.7 Å². The number of nitrogens with one attached hydrogen (secondary N) is 1. The number of unbranched alkanes of at least 4 members (excludes halogenated alkanes) is 3. The average molecular weight is 246 g/mol. The Kier molecular flexibility index (Phi) is 11.9. The minimum absolute atomic E-state index is 0.692. The third kappa shape index (κ3) is 9.49. The van der Waals surface area contributed by atoms with Crippen molar-refractivity contribution in [3.8, 4) is 0 Å². The van der Waals surface area contributed by atoms with Gasteiger partial charge in [-0.1, -0.05) is 26.2 Å². The monoisotopic (exact) mass is 246 g/mol. The van der Waals surface area contributed by atoms with E-state index in [4.69, 9.17) is 0 Å². The van der Waals surface area contributed by atoms with Crippen LogP contribution in [0.15, 0.2) is 0 Å². The van der Waals surface area contributed by atoms with Crippen LogP contribution in [-0.4, -0.2) is 49.6 Å². The SMILES string of the molecule is CCCCCCNCCN(C)C(C)CSC. The molecule has 0 aliphatic carbocycles. The summed E-state index contributed by atoms with van der Waals surface area (Å²) in [6, 6.07) is 0.692. The smallest absolute Gasteiger partial charge is 0.0155 e. The zero-order chi connectivity index (χ0) is 12.2. The van der Waals surface area contributed by atoms with Crippen LogP contribution in [0.2, 0.25) is 0 Å². The van der Waals surface area contributed by atoms with Crippen LogP contribution in [0.25, 0.3) is 0 Å². The van der Waals surface area contributed by atoms with Gasteiger partial charge in [0.2, 0.25) is 0 Å². The van der Waals surface area contributed by atoms with Gasteiger partial charge in [-0.15, -0.1) is 0 Å². The molecule has 98 valence electrons. The van der Waals surface area contributed by atoms with Gasteiger partial charge >= 0.3 is 0 Å². The van der Waals surface area contributed by atoms with Gasteiger partial charge in [0, 0.05) is 24.9 Å². The summed E-state index contributed by atoms with van der Waals surface area (Å²) in [6.45, 7) is 8.04. The van der Waals surface area contributed by atoms with Crippen molar-refractivity contribution in [3.63, 3.8) is 0 Å². The first-order valence-electron chi connectivity index (χ1n) is 6.62. The van der Waals surface area contributed by atoms with Crippen molar-refractivity contribution in [2.45, 2.75) is 45.6 Å². The molecule has 0 aromatic rings. The minimum atomic E-state index is 0.692. The molecule has 1 N–H and O–H groups in total. The van der Waals surface area contributed by atoms with Gasteiger partial charge < -0.3 is 10.2 Å². The molecule has 16 heavy (non-hydrogen) atoms. The Balaban J connectivity index is 3.23. The minimum Gasteiger partial charge on any atom is -0.315 e. The van der Waals surface area contributed by atoms with Crippen LogP contribution in [0.4, 0.5) is 0 Å². The molecule has 0 bridgehead atoms. The molecule has 1 unspecified atom stereocenters. The summed E-state index contributed by atoms with van der Waals surface area (Å²) < 4.78 is 0. The molecule has 0 aliphatic rings. The average Bonchev–Trinajstić information content (AvgIpc) is 2.28. The Morgan fingerprint density at radius 2 is 1.94 bits per heavy atom. The highest BCUT2D eigenvalue weighted by molar-refractivity contribution is 7.98. The van der Waals surface area contributed by atoms with Crippen molar-refractivity contribution in [2.24, 2.45) is 0 Å². The second kappa shape index (κ2) is 11.7. The van der Waals surface area contributed by atoms with E-state index in [1.54, 1.807) is 0 Å². The van der Waals surface area contributed by atoms with Gasteiger partial charge in [-0.25, -0.2) is 0 Å². The van der Waals surface area contributed by atoms with E-state index in [0.717, 1.165) is 13.1 Å². The summed E-state index contributed by atoms with van der Waals surface area (Å²) in [4.78, 5) is 2.44. The van der Waals surface area contributed by atoms with Crippen molar-refractivity contribution in [1.29, 1.82) is 0 Å². The van der Waals surface area contributed by atoms with Crippen LogP contribution in [-0.2, 0) is 0 Å². The Hall–Kier alpha value is 0.270. The largest absolute Gasteiger partial charge is 0.315 e. The molecule has 0 amide bonds. The van der Waals surface area contributed by atoms with E-state index in [9.17, 15) is 0 Å². The maximum absolute atomic E-state index is 3.52. The number of likely N-dealkylation sites (N-methyl/N-ethyl adjacent to an activating group) is 1. The van der Waals surface area contributed by atoms with Gasteiger partial charge in [0.25, 0.3) is 0 Å². The van der Waals surface area contributed by atoms with E-state index in [1.165, 1.54) is 38.0 Å². The molecule has 0 aromatic heterocycles. The van der Waals surface area contributed by atoms with Crippen molar-refractivity contribution >= 4 is 11.8 Å². The molecule has 0 radical (unpaired) electrons. The lowest BCUT2D eigenvalue weighted by Gasteiger charge is -2.24. The van der Waals surface area contributed by atoms with Crippen LogP contribution in [0, 0.1) is 0 Å². The maximum atomic E-state index is 3.52. The zero-order valence-electron chi connectivity index (χ0n) is 11.6. The maximum Gasteiger partial charge on any atom is 0.0155 e. The van der Waals surface area contributed by atoms with Crippen molar-refractivity contribution < 1.29 is 0 Å². The second-order valence-corrected chi connectivity index (χ2v) is 5.51. The predicted octanol–water partition coefficient (Wildman–Crippen LogP) is 2.84. The Labute approximate surface area is 107 Å². The topological polar surface area (TPSA) is 15.3 Å². The fourth-order valence-corrected chi connectivity index (χ4v) is 2.38. The van der Waals surface area contributed by atoms with E-state index < -0.39 is 0 Å². The zero-order valence-corrected chi connectivity index (χ0v) is 12.4.